The highest BCUT2D eigenvalue weighted by Crippen LogP contribution is 2.25. The maximum atomic E-state index is 13.5. The van der Waals surface area contributed by atoms with Gasteiger partial charge in [0.05, 0.1) is 30.8 Å². The number of hydrogen-bond acceptors (Lipinski definition) is 4. The zero-order chi connectivity index (χ0) is 16.4. The van der Waals surface area contributed by atoms with E-state index in [-0.39, 0.29) is 24.8 Å². The van der Waals surface area contributed by atoms with E-state index in [0.717, 1.165) is 4.57 Å². The van der Waals surface area contributed by atoms with E-state index in [0.29, 0.717) is 30.8 Å². The zero-order valence-electron chi connectivity index (χ0n) is 12.5. The number of morpholine rings is 1. The van der Waals surface area contributed by atoms with Gasteiger partial charge in [-0.1, -0.05) is 12.1 Å². The lowest BCUT2D eigenvalue weighted by molar-refractivity contribution is -0.121. The SMILES string of the molecule is NC(=O)CC1COCCN1Cc1nc2ccccc2n1C(F)F. The molecule has 23 heavy (non-hydrogen) atoms. The number of alkyl halides is 2. The Morgan fingerprint density at radius 3 is 2.96 bits per heavy atom. The van der Waals surface area contributed by atoms with Gasteiger partial charge in [-0.3, -0.25) is 14.3 Å². The Morgan fingerprint density at radius 2 is 2.22 bits per heavy atom. The Balaban J connectivity index is 1.90. The molecule has 124 valence electrons. The van der Waals surface area contributed by atoms with Crippen molar-refractivity contribution in [3.8, 4) is 0 Å². The number of nitrogens with two attached hydrogens (primary N) is 1. The number of hydrogen-bond donors (Lipinski definition) is 1. The van der Waals surface area contributed by atoms with Crippen molar-refractivity contribution in [3.05, 3.63) is 30.1 Å². The zero-order valence-corrected chi connectivity index (χ0v) is 12.5. The van der Waals surface area contributed by atoms with Crippen molar-refractivity contribution in [2.75, 3.05) is 19.8 Å². The van der Waals surface area contributed by atoms with Gasteiger partial charge in [0.25, 0.3) is 0 Å². The largest absolute Gasteiger partial charge is 0.378 e. The highest BCUT2D eigenvalue weighted by molar-refractivity contribution is 5.76. The van der Waals surface area contributed by atoms with E-state index in [9.17, 15) is 13.6 Å². The van der Waals surface area contributed by atoms with Crippen LogP contribution < -0.4 is 5.73 Å². The first kappa shape index (κ1) is 15.8. The molecule has 1 atom stereocenters. The minimum atomic E-state index is -2.67. The van der Waals surface area contributed by atoms with Gasteiger partial charge in [-0.25, -0.2) is 4.98 Å². The summed E-state index contributed by atoms with van der Waals surface area (Å²) in [7, 11) is 0. The van der Waals surface area contributed by atoms with Gasteiger partial charge in [0, 0.05) is 19.0 Å². The van der Waals surface area contributed by atoms with E-state index >= 15 is 0 Å². The fourth-order valence-corrected chi connectivity index (χ4v) is 2.92. The number of benzene rings is 1. The molecule has 8 heteroatoms. The minimum absolute atomic E-state index is 0.134. The number of carbonyl (C=O) groups excluding carboxylic acids is 1. The molecule has 2 heterocycles. The molecular weight excluding hydrogens is 306 g/mol. The summed E-state index contributed by atoms with van der Waals surface area (Å²) in [6.45, 7) is -1.06. The van der Waals surface area contributed by atoms with Crippen LogP contribution >= 0.6 is 0 Å². The van der Waals surface area contributed by atoms with E-state index < -0.39 is 12.5 Å². The number of fused-ring (bicyclic) bond motifs is 1. The number of para-hydroxylation sites is 2. The predicted molar refractivity (Wildman–Crippen MR) is 79.8 cm³/mol. The summed E-state index contributed by atoms with van der Waals surface area (Å²) in [6, 6.07) is 6.58. The number of rotatable bonds is 5. The normalized spacial score (nSPS) is 19.5. The van der Waals surface area contributed by atoms with Crippen molar-refractivity contribution in [2.45, 2.75) is 25.6 Å². The number of carbonyl (C=O) groups is 1. The number of primary amides is 1. The fraction of sp³-hybridized carbons (Fsp3) is 0.467. The average molecular weight is 324 g/mol. The van der Waals surface area contributed by atoms with Crippen LogP contribution in [-0.2, 0) is 16.1 Å². The maximum absolute atomic E-state index is 13.5. The number of amides is 1. The average Bonchev–Trinajstić information content (AvgIpc) is 2.86. The molecular formula is C15H18F2N4O2. The highest BCUT2D eigenvalue weighted by atomic mass is 19.3. The molecule has 1 saturated heterocycles. The van der Waals surface area contributed by atoms with E-state index in [1.165, 1.54) is 0 Å². The Hall–Kier alpha value is -2.06. The molecule has 1 unspecified atom stereocenters. The lowest BCUT2D eigenvalue weighted by Crippen LogP contribution is -2.47. The number of halogens is 2. The standard InChI is InChI=1S/C15H18F2N4O2/c16-15(17)21-12-4-2-1-3-11(12)19-14(21)8-20-5-6-23-9-10(20)7-13(18)22/h1-4,10,15H,5-9H2,(H2,18,22). The van der Waals surface area contributed by atoms with E-state index in [4.69, 9.17) is 10.5 Å². The van der Waals surface area contributed by atoms with Crippen LogP contribution in [0.15, 0.2) is 24.3 Å². The van der Waals surface area contributed by atoms with Crippen LogP contribution in [0.5, 0.6) is 0 Å². The second-order valence-electron chi connectivity index (χ2n) is 5.53. The van der Waals surface area contributed by atoms with Crippen molar-refractivity contribution < 1.29 is 18.3 Å². The van der Waals surface area contributed by atoms with Crippen LogP contribution in [0.1, 0.15) is 18.8 Å². The van der Waals surface area contributed by atoms with Crippen LogP contribution in [0.4, 0.5) is 8.78 Å². The van der Waals surface area contributed by atoms with Gasteiger partial charge in [0.1, 0.15) is 5.82 Å². The number of aromatic nitrogens is 2. The van der Waals surface area contributed by atoms with Gasteiger partial charge in [0.15, 0.2) is 0 Å². The molecule has 0 bridgehead atoms. The molecule has 0 saturated carbocycles. The molecule has 0 aliphatic carbocycles. The third-order valence-electron chi connectivity index (χ3n) is 3.99. The third-order valence-corrected chi connectivity index (χ3v) is 3.99. The van der Waals surface area contributed by atoms with Crippen molar-refractivity contribution in [1.82, 2.24) is 14.5 Å². The molecule has 1 aromatic heterocycles. The maximum Gasteiger partial charge on any atom is 0.320 e. The molecule has 3 rings (SSSR count). The van der Waals surface area contributed by atoms with E-state index in [2.05, 4.69) is 4.98 Å². The second kappa shape index (κ2) is 6.59. The van der Waals surface area contributed by atoms with Gasteiger partial charge < -0.3 is 10.5 Å². The molecule has 1 aliphatic heterocycles. The Morgan fingerprint density at radius 1 is 1.43 bits per heavy atom. The van der Waals surface area contributed by atoms with E-state index in [1.807, 2.05) is 4.90 Å². The van der Waals surface area contributed by atoms with E-state index in [1.54, 1.807) is 24.3 Å². The van der Waals surface area contributed by atoms with Gasteiger partial charge in [-0.15, -0.1) is 0 Å². The molecule has 0 radical (unpaired) electrons. The summed E-state index contributed by atoms with van der Waals surface area (Å²) in [5.74, 6) is -0.162. The molecule has 1 aliphatic rings. The number of nitrogens with zero attached hydrogens (tertiary/aromatic N) is 3. The highest BCUT2D eigenvalue weighted by Gasteiger charge is 2.27. The van der Waals surface area contributed by atoms with Crippen molar-refractivity contribution >= 4 is 16.9 Å². The van der Waals surface area contributed by atoms with Gasteiger partial charge in [0.2, 0.25) is 5.91 Å². The molecule has 2 N–H and O–H groups in total. The third kappa shape index (κ3) is 3.32. The van der Waals surface area contributed by atoms with Crippen LogP contribution in [-0.4, -0.2) is 46.2 Å². The van der Waals surface area contributed by atoms with Crippen LogP contribution in [0.2, 0.25) is 0 Å². The molecule has 6 nitrogen and oxygen atoms in total. The smallest absolute Gasteiger partial charge is 0.320 e. The molecule has 1 amide bonds. The first-order chi connectivity index (χ1) is 11.1. The fourth-order valence-electron chi connectivity index (χ4n) is 2.92. The summed E-state index contributed by atoms with van der Waals surface area (Å²) in [5.41, 5.74) is 6.19. The first-order valence-electron chi connectivity index (χ1n) is 7.40. The minimum Gasteiger partial charge on any atom is -0.378 e. The first-order valence-corrected chi connectivity index (χ1v) is 7.40. The predicted octanol–water partition coefficient (Wildman–Crippen LogP) is 1.51. The number of imidazole rings is 1. The summed E-state index contributed by atoms with van der Waals surface area (Å²) >= 11 is 0. The lowest BCUT2D eigenvalue weighted by Gasteiger charge is -2.34. The van der Waals surface area contributed by atoms with Gasteiger partial charge in [-0.2, -0.15) is 8.78 Å². The topological polar surface area (TPSA) is 73.4 Å². The lowest BCUT2D eigenvalue weighted by atomic mass is 10.1. The van der Waals surface area contributed by atoms with Gasteiger partial charge >= 0.3 is 6.55 Å². The molecule has 1 fully saturated rings. The summed E-state index contributed by atoms with van der Waals surface area (Å²) < 4.78 is 33.2. The second-order valence-corrected chi connectivity index (χ2v) is 5.53. The quantitative estimate of drug-likeness (QED) is 0.905. The van der Waals surface area contributed by atoms with Crippen LogP contribution in [0.25, 0.3) is 11.0 Å². The Kier molecular flexibility index (Phi) is 4.53. The van der Waals surface area contributed by atoms with Crippen LogP contribution in [0.3, 0.4) is 0 Å². The Labute approximate surface area is 131 Å². The van der Waals surface area contributed by atoms with Crippen LogP contribution in [0, 0.1) is 0 Å². The van der Waals surface area contributed by atoms with Crippen molar-refractivity contribution in [3.63, 3.8) is 0 Å². The summed E-state index contributed by atoms with van der Waals surface area (Å²) in [6.07, 6.45) is 0.134. The van der Waals surface area contributed by atoms with Crippen molar-refractivity contribution in [2.24, 2.45) is 5.73 Å². The monoisotopic (exact) mass is 324 g/mol. The van der Waals surface area contributed by atoms with Crippen molar-refractivity contribution in [1.29, 1.82) is 0 Å². The Bertz CT molecular complexity index is 704. The summed E-state index contributed by atoms with van der Waals surface area (Å²) in [5, 5.41) is 0. The summed E-state index contributed by atoms with van der Waals surface area (Å²) in [4.78, 5) is 17.4. The molecule has 1 aromatic carbocycles. The van der Waals surface area contributed by atoms with Gasteiger partial charge in [-0.05, 0) is 12.1 Å². The molecule has 2 aromatic rings. The number of ether oxygens (including phenoxy) is 1. The molecule has 0 spiro atoms.